The molecule has 0 bridgehead atoms. The smallest absolute Gasteiger partial charge is 0.263 e. The van der Waals surface area contributed by atoms with E-state index in [0.29, 0.717) is 11.2 Å². The van der Waals surface area contributed by atoms with Crippen molar-refractivity contribution in [3.63, 3.8) is 0 Å². The predicted octanol–water partition coefficient (Wildman–Crippen LogP) is 1.34. The number of benzene rings is 1. The monoisotopic (exact) mass is 226 g/mol. The van der Waals surface area contributed by atoms with Crippen molar-refractivity contribution in [1.29, 1.82) is 0 Å². The summed E-state index contributed by atoms with van der Waals surface area (Å²) >= 11 is 0. The molecule has 4 nitrogen and oxygen atoms in total. The van der Waals surface area contributed by atoms with Crippen LogP contribution in [0.5, 0.6) is 0 Å². The fourth-order valence-corrected chi connectivity index (χ4v) is 1.95. The van der Waals surface area contributed by atoms with Crippen LogP contribution in [0.1, 0.15) is 5.56 Å². The Hall–Kier alpha value is -2.20. The summed E-state index contributed by atoms with van der Waals surface area (Å²) in [4.78, 5) is 16.2. The molecule has 0 unspecified atom stereocenters. The van der Waals surface area contributed by atoms with Gasteiger partial charge in [0, 0.05) is 17.8 Å². The highest BCUT2D eigenvalue weighted by atomic mass is 16.3. The van der Waals surface area contributed by atoms with Gasteiger partial charge in [0.1, 0.15) is 5.65 Å². The van der Waals surface area contributed by atoms with E-state index >= 15 is 0 Å². The van der Waals surface area contributed by atoms with E-state index in [2.05, 4.69) is 4.98 Å². The molecule has 0 saturated heterocycles. The molecule has 1 aromatic carbocycles. The van der Waals surface area contributed by atoms with Crippen molar-refractivity contribution in [3.05, 3.63) is 58.6 Å². The molecule has 0 aliphatic heterocycles. The Morgan fingerprint density at radius 2 is 2.06 bits per heavy atom. The summed E-state index contributed by atoms with van der Waals surface area (Å²) in [5.41, 5.74) is 0.700. The number of aromatic nitrogens is 2. The minimum absolute atomic E-state index is 0.219. The van der Waals surface area contributed by atoms with Crippen LogP contribution in [-0.2, 0) is 6.61 Å². The predicted molar refractivity (Wildman–Crippen MR) is 64.9 cm³/mol. The van der Waals surface area contributed by atoms with Crippen LogP contribution in [0.25, 0.3) is 16.4 Å². The zero-order valence-electron chi connectivity index (χ0n) is 9.00. The van der Waals surface area contributed by atoms with E-state index < -0.39 is 0 Å². The summed E-state index contributed by atoms with van der Waals surface area (Å²) in [5.74, 6) is 0. The van der Waals surface area contributed by atoms with E-state index in [0.717, 1.165) is 10.8 Å². The molecule has 2 aromatic heterocycles. The number of nitrogens with zero attached hydrogens (tertiary/aromatic N) is 2. The lowest BCUT2D eigenvalue weighted by Gasteiger charge is -2.05. The molecule has 17 heavy (non-hydrogen) atoms. The molecule has 0 radical (unpaired) electrons. The van der Waals surface area contributed by atoms with Crippen LogP contribution < -0.4 is 5.56 Å². The Morgan fingerprint density at radius 3 is 2.88 bits per heavy atom. The second kappa shape index (κ2) is 3.68. The molecule has 0 fully saturated rings. The van der Waals surface area contributed by atoms with Gasteiger partial charge in [0.2, 0.25) is 0 Å². The Morgan fingerprint density at radius 1 is 1.24 bits per heavy atom. The average Bonchev–Trinajstić information content (AvgIpc) is 2.39. The maximum Gasteiger partial charge on any atom is 0.263 e. The van der Waals surface area contributed by atoms with Gasteiger partial charge in [-0.05, 0) is 11.5 Å². The van der Waals surface area contributed by atoms with Crippen LogP contribution in [0, 0.1) is 0 Å². The molecule has 0 aliphatic carbocycles. The standard InChI is InChI=1S/C13H10N2O2/c16-8-10-7-14-12-11-4-2-1-3-9(11)5-6-15(12)13(10)17/h1-7,16H,8H2. The average molecular weight is 226 g/mol. The third-order valence-corrected chi connectivity index (χ3v) is 2.84. The number of aliphatic hydroxyl groups excluding tert-OH is 1. The van der Waals surface area contributed by atoms with Crippen molar-refractivity contribution >= 4 is 16.4 Å². The summed E-state index contributed by atoms with van der Waals surface area (Å²) in [6, 6.07) is 9.62. The highest BCUT2D eigenvalue weighted by molar-refractivity contribution is 5.93. The topological polar surface area (TPSA) is 54.6 Å². The summed E-state index contributed by atoms with van der Waals surface area (Å²) in [7, 11) is 0. The van der Waals surface area contributed by atoms with E-state index in [4.69, 9.17) is 5.11 Å². The number of hydrogen-bond donors (Lipinski definition) is 1. The van der Waals surface area contributed by atoms with E-state index in [1.807, 2.05) is 30.3 Å². The van der Waals surface area contributed by atoms with Gasteiger partial charge in [-0.1, -0.05) is 24.3 Å². The lowest BCUT2D eigenvalue weighted by Crippen LogP contribution is -2.19. The van der Waals surface area contributed by atoms with Crippen molar-refractivity contribution in [2.75, 3.05) is 0 Å². The van der Waals surface area contributed by atoms with Crippen LogP contribution in [-0.4, -0.2) is 14.5 Å². The molecular weight excluding hydrogens is 216 g/mol. The first-order valence-corrected chi connectivity index (χ1v) is 5.30. The largest absolute Gasteiger partial charge is 0.391 e. The Kier molecular flexibility index (Phi) is 2.16. The van der Waals surface area contributed by atoms with E-state index in [1.54, 1.807) is 6.20 Å². The maximum absolute atomic E-state index is 12.0. The first-order chi connectivity index (χ1) is 8.31. The first kappa shape index (κ1) is 9.99. The highest BCUT2D eigenvalue weighted by Crippen LogP contribution is 2.16. The third kappa shape index (κ3) is 1.42. The van der Waals surface area contributed by atoms with Gasteiger partial charge in [0.25, 0.3) is 5.56 Å². The Labute approximate surface area is 96.8 Å². The summed E-state index contributed by atoms with van der Waals surface area (Å²) in [6.45, 7) is -0.290. The van der Waals surface area contributed by atoms with Crippen molar-refractivity contribution < 1.29 is 5.11 Å². The van der Waals surface area contributed by atoms with Crippen molar-refractivity contribution in [2.24, 2.45) is 0 Å². The van der Waals surface area contributed by atoms with Gasteiger partial charge in [-0.25, -0.2) is 4.98 Å². The molecule has 1 N–H and O–H groups in total. The normalized spacial score (nSPS) is 11.1. The van der Waals surface area contributed by atoms with Gasteiger partial charge in [-0.3, -0.25) is 9.20 Å². The summed E-state index contributed by atoms with van der Waals surface area (Å²) in [6.07, 6.45) is 3.12. The number of pyridine rings is 1. The molecule has 3 aromatic rings. The molecule has 0 saturated carbocycles. The zero-order chi connectivity index (χ0) is 11.8. The van der Waals surface area contributed by atoms with Crippen LogP contribution in [0.15, 0.2) is 47.5 Å². The fraction of sp³-hybridized carbons (Fsp3) is 0.0769. The highest BCUT2D eigenvalue weighted by Gasteiger charge is 2.06. The van der Waals surface area contributed by atoms with Crippen LogP contribution >= 0.6 is 0 Å². The Bertz CT molecular complexity index is 762. The zero-order valence-corrected chi connectivity index (χ0v) is 9.00. The van der Waals surface area contributed by atoms with Gasteiger partial charge in [0.15, 0.2) is 0 Å². The first-order valence-electron chi connectivity index (χ1n) is 5.30. The van der Waals surface area contributed by atoms with Crippen molar-refractivity contribution in [3.8, 4) is 0 Å². The molecule has 0 amide bonds. The van der Waals surface area contributed by atoms with Gasteiger partial charge < -0.3 is 5.11 Å². The molecule has 2 heterocycles. The van der Waals surface area contributed by atoms with Crippen molar-refractivity contribution in [1.82, 2.24) is 9.38 Å². The van der Waals surface area contributed by atoms with Gasteiger partial charge in [-0.2, -0.15) is 0 Å². The maximum atomic E-state index is 12.0. The number of hydrogen-bond acceptors (Lipinski definition) is 3. The van der Waals surface area contributed by atoms with Crippen molar-refractivity contribution in [2.45, 2.75) is 6.61 Å². The molecule has 0 atom stereocenters. The SMILES string of the molecule is O=c1c(CO)cnc2c3ccccc3ccn12. The second-order valence-electron chi connectivity index (χ2n) is 3.84. The minimum Gasteiger partial charge on any atom is -0.391 e. The summed E-state index contributed by atoms with van der Waals surface area (Å²) < 4.78 is 1.47. The third-order valence-electron chi connectivity index (χ3n) is 2.84. The van der Waals surface area contributed by atoms with E-state index in [1.165, 1.54) is 10.6 Å². The molecular formula is C13H10N2O2. The van der Waals surface area contributed by atoms with Gasteiger partial charge >= 0.3 is 0 Å². The van der Waals surface area contributed by atoms with Crippen LogP contribution in [0.3, 0.4) is 0 Å². The second-order valence-corrected chi connectivity index (χ2v) is 3.84. The molecule has 4 heteroatoms. The lowest BCUT2D eigenvalue weighted by molar-refractivity contribution is 0.279. The minimum atomic E-state index is -0.290. The van der Waals surface area contributed by atoms with E-state index in [-0.39, 0.29) is 12.2 Å². The quantitative estimate of drug-likeness (QED) is 0.637. The Balaban J connectivity index is 2.53. The molecule has 0 aliphatic rings. The van der Waals surface area contributed by atoms with Gasteiger partial charge in [0.05, 0.1) is 12.2 Å². The number of aliphatic hydroxyl groups is 1. The number of rotatable bonds is 1. The van der Waals surface area contributed by atoms with Crippen LogP contribution in [0.4, 0.5) is 0 Å². The number of fused-ring (bicyclic) bond motifs is 3. The van der Waals surface area contributed by atoms with Gasteiger partial charge in [-0.15, -0.1) is 0 Å². The molecule has 84 valence electrons. The van der Waals surface area contributed by atoms with Crippen LogP contribution in [0.2, 0.25) is 0 Å². The molecule has 0 spiro atoms. The fourth-order valence-electron chi connectivity index (χ4n) is 1.95. The summed E-state index contributed by atoms with van der Waals surface area (Å²) in [5, 5.41) is 11.0. The lowest BCUT2D eigenvalue weighted by atomic mass is 10.1. The van der Waals surface area contributed by atoms with E-state index in [9.17, 15) is 4.79 Å². The molecule has 3 rings (SSSR count).